The van der Waals surface area contributed by atoms with Gasteiger partial charge in [0.2, 0.25) is 6.33 Å². The maximum atomic E-state index is 10.6. The molecule has 17 heavy (non-hydrogen) atoms. The summed E-state index contributed by atoms with van der Waals surface area (Å²) in [6.45, 7) is 3.99. The van der Waals surface area contributed by atoms with E-state index < -0.39 is 4.92 Å². The number of benzene rings is 1. The summed E-state index contributed by atoms with van der Waals surface area (Å²) in [4.78, 5) is 13.9. The molecule has 0 unspecified atom stereocenters. The Balaban J connectivity index is 2.41. The summed E-state index contributed by atoms with van der Waals surface area (Å²) in [6, 6.07) is 9.82. The topological polar surface area (TPSA) is 61.0 Å². The lowest BCUT2D eigenvalue weighted by Gasteiger charge is -2.25. The lowest BCUT2D eigenvalue weighted by Crippen LogP contribution is -2.26. The van der Waals surface area contributed by atoms with Crippen molar-refractivity contribution >= 4 is 5.82 Å². The van der Waals surface area contributed by atoms with E-state index in [1.165, 1.54) is 12.5 Å². The highest BCUT2D eigenvalue weighted by atomic mass is 16.6. The minimum absolute atomic E-state index is 0.131. The van der Waals surface area contributed by atoms with Gasteiger partial charge in [-0.15, -0.1) is 0 Å². The number of aromatic nitrogens is 2. The van der Waals surface area contributed by atoms with Gasteiger partial charge in [-0.25, -0.2) is 0 Å². The Labute approximate surface area is 98.9 Å². The second-order valence-electron chi connectivity index (χ2n) is 4.32. The fraction of sp³-hybridized carbons (Fsp3) is 0.250. The average molecular weight is 231 g/mol. The fourth-order valence-electron chi connectivity index (χ4n) is 1.71. The molecule has 0 aliphatic carbocycles. The number of imidazole rings is 1. The van der Waals surface area contributed by atoms with Crippen LogP contribution in [0.5, 0.6) is 0 Å². The van der Waals surface area contributed by atoms with Crippen molar-refractivity contribution in [3.05, 3.63) is 58.5 Å². The third-order valence-corrected chi connectivity index (χ3v) is 2.88. The lowest BCUT2D eigenvalue weighted by molar-refractivity contribution is -0.389. The molecule has 0 saturated carbocycles. The molecule has 1 aromatic carbocycles. The molecule has 0 bridgehead atoms. The highest BCUT2D eigenvalue weighted by Gasteiger charge is 2.25. The van der Waals surface area contributed by atoms with Crippen molar-refractivity contribution in [2.75, 3.05) is 0 Å². The molecule has 0 radical (unpaired) electrons. The van der Waals surface area contributed by atoms with E-state index in [-0.39, 0.29) is 11.4 Å². The maximum absolute atomic E-state index is 10.6. The number of hydrogen-bond donors (Lipinski definition) is 0. The first-order valence-electron chi connectivity index (χ1n) is 5.26. The molecule has 88 valence electrons. The minimum Gasteiger partial charge on any atom is -0.358 e. The zero-order valence-electron chi connectivity index (χ0n) is 9.70. The van der Waals surface area contributed by atoms with Crippen LogP contribution in [0.25, 0.3) is 0 Å². The molecule has 0 atom stereocenters. The van der Waals surface area contributed by atoms with Crippen molar-refractivity contribution in [2.45, 2.75) is 19.4 Å². The standard InChI is InChI=1S/C12H13N3O2/c1-12(2,10-6-4-3-5-7-10)14-8-11(13-9-14)15(16)17/h3-9H,1-2H3. The van der Waals surface area contributed by atoms with Gasteiger partial charge in [0.15, 0.2) is 0 Å². The van der Waals surface area contributed by atoms with Gasteiger partial charge in [-0.05, 0) is 29.3 Å². The lowest BCUT2D eigenvalue weighted by atomic mass is 9.94. The first kappa shape index (κ1) is 11.3. The first-order valence-corrected chi connectivity index (χ1v) is 5.26. The second kappa shape index (κ2) is 4.01. The van der Waals surface area contributed by atoms with E-state index in [2.05, 4.69) is 4.98 Å². The number of hydrogen-bond acceptors (Lipinski definition) is 3. The highest BCUT2D eigenvalue weighted by Crippen LogP contribution is 2.26. The molecular formula is C12H13N3O2. The summed E-state index contributed by atoms with van der Waals surface area (Å²) >= 11 is 0. The van der Waals surface area contributed by atoms with Crippen molar-refractivity contribution in [2.24, 2.45) is 0 Å². The van der Waals surface area contributed by atoms with Crippen LogP contribution in [0, 0.1) is 10.1 Å². The first-order chi connectivity index (χ1) is 8.01. The molecule has 2 aromatic rings. The van der Waals surface area contributed by atoms with Crippen LogP contribution in [-0.4, -0.2) is 14.5 Å². The third kappa shape index (κ3) is 2.04. The van der Waals surface area contributed by atoms with Gasteiger partial charge in [-0.3, -0.25) is 0 Å². The molecule has 0 fully saturated rings. The van der Waals surface area contributed by atoms with E-state index in [9.17, 15) is 10.1 Å². The van der Waals surface area contributed by atoms with Gasteiger partial charge in [0.1, 0.15) is 6.20 Å². The Morgan fingerprint density at radius 3 is 2.47 bits per heavy atom. The fourth-order valence-corrected chi connectivity index (χ4v) is 1.71. The van der Waals surface area contributed by atoms with E-state index in [0.29, 0.717) is 0 Å². The summed E-state index contributed by atoms with van der Waals surface area (Å²) in [5.74, 6) is -0.131. The van der Waals surface area contributed by atoms with Crippen LogP contribution in [0.1, 0.15) is 19.4 Å². The molecule has 2 rings (SSSR count). The van der Waals surface area contributed by atoms with Gasteiger partial charge in [-0.2, -0.15) is 0 Å². The van der Waals surface area contributed by atoms with Gasteiger partial charge in [0, 0.05) is 0 Å². The molecule has 0 spiro atoms. The van der Waals surface area contributed by atoms with Gasteiger partial charge in [-0.1, -0.05) is 30.3 Å². The van der Waals surface area contributed by atoms with Gasteiger partial charge < -0.3 is 14.7 Å². The number of nitrogens with zero attached hydrogens (tertiary/aromatic N) is 3. The highest BCUT2D eigenvalue weighted by molar-refractivity contribution is 5.26. The maximum Gasteiger partial charge on any atom is 0.381 e. The summed E-state index contributed by atoms with van der Waals surface area (Å²) in [7, 11) is 0. The zero-order valence-corrected chi connectivity index (χ0v) is 9.70. The summed E-state index contributed by atoms with van der Waals surface area (Å²) in [5.41, 5.74) is 0.718. The normalized spacial score (nSPS) is 11.4. The summed E-state index contributed by atoms with van der Waals surface area (Å²) in [6.07, 6.45) is 2.94. The molecule has 0 aliphatic rings. The summed E-state index contributed by atoms with van der Waals surface area (Å²) < 4.78 is 1.75. The largest absolute Gasteiger partial charge is 0.381 e. The molecule has 0 amide bonds. The zero-order chi connectivity index (χ0) is 12.5. The minimum atomic E-state index is -0.489. The smallest absolute Gasteiger partial charge is 0.358 e. The molecule has 0 N–H and O–H groups in total. The Morgan fingerprint density at radius 1 is 1.29 bits per heavy atom. The van der Waals surface area contributed by atoms with E-state index in [0.717, 1.165) is 5.56 Å². The van der Waals surface area contributed by atoms with E-state index in [1.807, 2.05) is 44.2 Å². The van der Waals surface area contributed by atoms with Crippen LogP contribution >= 0.6 is 0 Å². The second-order valence-corrected chi connectivity index (χ2v) is 4.32. The molecule has 0 saturated heterocycles. The third-order valence-electron chi connectivity index (χ3n) is 2.88. The van der Waals surface area contributed by atoms with Crippen molar-refractivity contribution in [1.82, 2.24) is 9.55 Å². The van der Waals surface area contributed by atoms with Crippen molar-refractivity contribution in [1.29, 1.82) is 0 Å². The van der Waals surface area contributed by atoms with Crippen molar-refractivity contribution in [3.8, 4) is 0 Å². The van der Waals surface area contributed by atoms with Crippen LogP contribution in [0.2, 0.25) is 0 Å². The van der Waals surface area contributed by atoms with Gasteiger partial charge >= 0.3 is 5.82 Å². The van der Waals surface area contributed by atoms with E-state index >= 15 is 0 Å². The van der Waals surface area contributed by atoms with E-state index in [4.69, 9.17) is 0 Å². The van der Waals surface area contributed by atoms with Crippen LogP contribution in [0.4, 0.5) is 5.82 Å². The summed E-state index contributed by atoms with van der Waals surface area (Å²) in [5, 5.41) is 10.6. The van der Waals surface area contributed by atoms with Crippen LogP contribution < -0.4 is 0 Å². The molecule has 5 nitrogen and oxygen atoms in total. The Hall–Kier alpha value is -2.17. The quantitative estimate of drug-likeness (QED) is 0.602. The monoisotopic (exact) mass is 231 g/mol. The van der Waals surface area contributed by atoms with Crippen molar-refractivity contribution < 1.29 is 4.92 Å². The number of nitro groups is 1. The Morgan fingerprint density at radius 2 is 1.94 bits per heavy atom. The number of rotatable bonds is 3. The average Bonchev–Trinajstić information content (AvgIpc) is 2.80. The van der Waals surface area contributed by atoms with Crippen LogP contribution in [-0.2, 0) is 5.54 Å². The van der Waals surface area contributed by atoms with Crippen LogP contribution in [0.3, 0.4) is 0 Å². The SMILES string of the molecule is CC(C)(c1ccccc1)n1cnc([N+](=O)[O-])c1. The van der Waals surface area contributed by atoms with Gasteiger partial charge in [0.25, 0.3) is 0 Å². The Kier molecular flexibility index (Phi) is 2.67. The predicted molar refractivity (Wildman–Crippen MR) is 63.7 cm³/mol. The molecule has 1 heterocycles. The molecule has 5 heteroatoms. The van der Waals surface area contributed by atoms with Crippen LogP contribution in [0.15, 0.2) is 42.9 Å². The molecule has 1 aromatic heterocycles. The van der Waals surface area contributed by atoms with Gasteiger partial charge in [0.05, 0.1) is 5.54 Å². The van der Waals surface area contributed by atoms with E-state index in [1.54, 1.807) is 4.57 Å². The van der Waals surface area contributed by atoms with Crippen molar-refractivity contribution in [3.63, 3.8) is 0 Å². The molecule has 0 aliphatic heterocycles. The Bertz CT molecular complexity index is 532. The predicted octanol–water partition coefficient (Wildman–Crippen LogP) is 2.57. The molecular weight excluding hydrogens is 218 g/mol.